The lowest BCUT2D eigenvalue weighted by Gasteiger charge is -2.23. The van der Waals surface area contributed by atoms with Crippen molar-refractivity contribution < 1.29 is 24.2 Å². The van der Waals surface area contributed by atoms with Crippen molar-refractivity contribution >= 4 is 24.0 Å². The number of carboxylic acids is 1. The number of aliphatic carboxylic acids is 1. The van der Waals surface area contributed by atoms with Crippen molar-refractivity contribution in [3.8, 4) is 5.69 Å². The predicted octanol–water partition coefficient (Wildman–Crippen LogP) is 1.24. The molecule has 1 amide bonds. The number of para-hydroxylation sites is 1. The molecule has 1 N–H and O–H groups in total. The number of esters is 1. The van der Waals surface area contributed by atoms with E-state index >= 15 is 0 Å². The number of amides is 1. The fourth-order valence-electron chi connectivity index (χ4n) is 2.22. The second-order valence-corrected chi connectivity index (χ2v) is 4.96. The van der Waals surface area contributed by atoms with Gasteiger partial charge < -0.3 is 9.84 Å². The molecule has 2 rings (SSSR count). The van der Waals surface area contributed by atoms with Crippen LogP contribution in [0.1, 0.15) is 12.8 Å². The zero-order valence-corrected chi connectivity index (χ0v) is 13.0. The summed E-state index contributed by atoms with van der Waals surface area (Å²) in [7, 11) is 1.22. The molecular formula is C16H17N3O5. The molecule has 0 spiro atoms. The van der Waals surface area contributed by atoms with Crippen LogP contribution in [0, 0.1) is 0 Å². The van der Waals surface area contributed by atoms with E-state index in [0.29, 0.717) is 12.1 Å². The van der Waals surface area contributed by atoms with Gasteiger partial charge in [0.05, 0.1) is 30.9 Å². The fraction of sp³-hybridized carbons (Fsp3) is 0.250. The van der Waals surface area contributed by atoms with Gasteiger partial charge in [0.1, 0.15) is 6.04 Å². The molecule has 8 heteroatoms. The van der Waals surface area contributed by atoms with E-state index in [-0.39, 0.29) is 12.8 Å². The van der Waals surface area contributed by atoms with Gasteiger partial charge in [0, 0.05) is 6.42 Å². The third-order valence-electron chi connectivity index (χ3n) is 3.47. The monoisotopic (exact) mass is 331 g/mol. The highest BCUT2D eigenvalue weighted by molar-refractivity contribution is 5.88. The summed E-state index contributed by atoms with van der Waals surface area (Å²) in [6.07, 6.45) is 3.21. The van der Waals surface area contributed by atoms with E-state index in [1.54, 1.807) is 6.20 Å². The molecule has 1 atom stereocenters. The number of hydrogen-bond donors (Lipinski definition) is 1. The lowest BCUT2D eigenvalue weighted by atomic mass is 10.1. The van der Waals surface area contributed by atoms with Gasteiger partial charge >= 0.3 is 11.9 Å². The van der Waals surface area contributed by atoms with Gasteiger partial charge in [0.15, 0.2) is 0 Å². The number of anilines is 1. The van der Waals surface area contributed by atoms with Crippen LogP contribution in [0.4, 0.5) is 5.69 Å². The summed E-state index contributed by atoms with van der Waals surface area (Å²) in [6, 6.07) is 8.01. The standard InChI is InChI=1S/C16H17N3O5/c1-24-15(21)8-7-14(16(22)23)18(11-20)13-9-17-19(10-13)12-5-3-2-4-6-12/h2-6,9-11,14H,7-8H2,1H3,(H,22,23)/t14-/m0/s1. The number of nitrogens with zero attached hydrogens (tertiary/aromatic N) is 3. The number of carbonyl (C=O) groups excluding carboxylic acids is 2. The Morgan fingerprint density at radius 1 is 1.38 bits per heavy atom. The van der Waals surface area contributed by atoms with E-state index in [4.69, 9.17) is 0 Å². The maximum Gasteiger partial charge on any atom is 0.326 e. The molecule has 0 unspecified atom stereocenters. The molecule has 1 aromatic heterocycles. The number of aromatic nitrogens is 2. The third-order valence-corrected chi connectivity index (χ3v) is 3.47. The molecule has 1 heterocycles. The van der Waals surface area contributed by atoms with Crippen LogP contribution in [0.5, 0.6) is 0 Å². The summed E-state index contributed by atoms with van der Waals surface area (Å²) in [5, 5.41) is 13.5. The zero-order valence-electron chi connectivity index (χ0n) is 13.0. The minimum absolute atomic E-state index is 0.0583. The predicted molar refractivity (Wildman–Crippen MR) is 84.8 cm³/mol. The molecule has 2 aromatic rings. The van der Waals surface area contributed by atoms with E-state index < -0.39 is 18.0 Å². The van der Waals surface area contributed by atoms with Crippen LogP contribution < -0.4 is 4.90 Å². The minimum Gasteiger partial charge on any atom is -0.480 e. The molecule has 8 nitrogen and oxygen atoms in total. The maximum absolute atomic E-state index is 11.5. The lowest BCUT2D eigenvalue weighted by Crippen LogP contribution is -2.40. The molecule has 0 aliphatic rings. The van der Waals surface area contributed by atoms with Gasteiger partial charge in [-0.05, 0) is 18.6 Å². The van der Waals surface area contributed by atoms with Crippen LogP contribution in [0.25, 0.3) is 5.69 Å². The molecule has 0 saturated carbocycles. The largest absolute Gasteiger partial charge is 0.480 e. The number of methoxy groups -OCH3 is 1. The quantitative estimate of drug-likeness (QED) is 0.577. The van der Waals surface area contributed by atoms with Gasteiger partial charge in [-0.2, -0.15) is 5.10 Å². The molecule has 126 valence electrons. The SMILES string of the molecule is COC(=O)CC[C@@H](C(=O)O)N(C=O)c1cnn(-c2ccccc2)c1. The Hall–Kier alpha value is -3.16. The van der Waals surface area contributed by atoms with Crippen molar-refractivity contribution in [3.63, 3.8) is 0 Å². The van der Waals surface area contributed by atoms with Crippen molar-refractivity contribution in [2.24, 2.45) is 0 Å². The molecule has 0 saturated heterocycles. The van der Waals surface area contributed by atoms with Crippen molar-refractivity contribution in [2.75, 3.05) is 12.0 Å². The summed E-state index contributed by atoms with van der Waals surface area (Å²) in [5.41, 5.74) is 1.10. The van der Waals surface area contributed by atoms with Gasteiger partial charge in [0.2, 0.25) is 6.41 Å². The molecule has 24 heavy (non-hydrogen) atoms. The summed E-state index contributed by atoms with van der Waals surface area (Å²) in [4.78, 5) is 35.2. The first-order valence-electron chi connectivity index (χ1n) is 7.20. The molecule has 0 bridgehead atoms. The molecule has 0 aliphatic heterocycles. The Bertz CT molecular complexity index is 714. The highest BCUT2D eigenvalue weighted by atomic mass is 16.5. The third kappa shape index (κ3) is 3.97. The van der Waals surface area contributed by atoms with E-state index in [1.165, 1.54) is 18.0 Å². The molecular weight excluding hydrogens is 314 g/mol. The number of rotatable bonds is 8. The zero-order chi connectivity index (χ0) is 17.5. The Balaban J connectivity index is 2.22. The van der Waals surface area contributed by atoms with E-state index in [1.807, 2.05) is 30.3 Å². The van der Waals surface area contributed by atoms with E-state index in [0.717, 1.165) is 10.6 Å². The second-order valence-electron chi connectivity index (χ2n) is 4.96. The van der Waals surface area contributed by atoms with Crippen molar-refractivity contribution in [3.05, 3.63) is 42.7 Å². The van der Waals surface area contributed by atoms with Crippen LogP contribution in [0.2, 0.25) is 0 Å². The number of carboxylic acid groups (broad SMARTS) is 1. The normalized spacial score (nSPS) is 11.5. The Morgan fingerprint density at radius 3 is 2.67 bits per heavy atom. The molecule has 0 aliphatic carbocycles. The summed E-state index contributed by atoms with van der Waals surface area (Å²) in [5.74, 6) is -1.74. The van der Waals surface area contributed by atoms with Gasteiger partial charge in [-0.15, -0.1) is 0 Å². The van der Waals surface area contributed by atoms with Crippen LogP contribution in [-0.4, -0.2) is 46.4 Å². The maximum atomic E-state index is 11.5. The van der Waals surface area contributed by atoms with Gasteiger partial charge in [-0.1, -0.05) is 18.2 Å². The van der Waals surface area contributed by atoms with Crippen molar-refractivity contribution in [1.29, 1.82) is 0 Å². The Kier molecular flexibility index (Phi) is 5.67. The number of carbonyl (C=O) groups is 3. The minimum atomic E-state index is -1.21. The lowest BCUT2D eigenvalue weighted by molar-refractivity contribution is -0.142. The van der Waals surface area contributed by atoms with Gasteiger partial charge in [-0.3, -0.25) is 14.5 Å². The highest BCUT2D eigenvalue weighted by Gasteiger charge is 2.27. The Labute approximate surface area is 138 Å². The molecule has 0 radical (unpaired) electrons. The van der Waals surface area contributed by atoms with E-state index in [9.17, 15) is 19.5 Å². The summed E-state index contributed by atoms with van der Waals surface area (Å²) in [6.45, 7) is 0. The number of benzene rings is 1. The first-order valence-corrected chi connectivity index (χ1v) is 7.20. The summed E-state index contributed by atoms with van der Waals surface area (Å²) >= 11 is 0. The molecule has 0 fully saturated rings. The van der Waals surface area contributed by atoms with Gasteiger partial charge in [0.25, 0.3) is 0 Å². The second kappa shape index (κ2) is 7.91. The van der Waals surface area contributed by atoms with Crippen LogP contribution in [-0.2, 0) is 19.1 Å². The van der Waals surface area contributed by atoms with Crippen LogP contribution in [0.3, 0.4) is 0 Å². The first-order chi connectivity index (χ1) is 11.6. The van der Waals surface area contributed by atoms with Crippen molar-refractivity contribution in [2.45, 2.75) is 18.9 Å². The fourth-order valence-corrected chi connectivity index (χ4v) is 2.22. The van der Waals surface area contributed by atoms with Gasteiger partial charge in [-0.25, -0.2) is 9.48 Å². The smallest absolute Gasteiger partial charge is 0.326 e. The van der Waals surface area contributed by atoms with Crippen LogP contribution >= 0.6 is 0 Å². The number of hydrogen-bond acceptors (Lipinski definition) is 5. The Morgan fingerprint density at radius 2 is 2.08 bits per heavy atom. The summed E-state index contributed by atoms with van der Waals surface area (Å²) < 4.78 is 6.04. The average Bonchev–Trinajstić information content (AvgIpc) is 3.08. The van der Waals surface area contributed by atoms with E-state index in [2.05, 4.69) is 9.84 Å². The first kappa shape index (κ1) is 17.2. The molecule has 1 aromatic carbocycles. The number of ether oxygens (including phenoxy) is 1. The average molecular weight is 331 g/mol. The topological polar surface area (TPSA) is 102 Å². The van der Waals surface area contributed by atoms with Crippen LogP contribution in [0.15, 0.2) is 42.7 Å². The highest BCUT2D eigenvalue weighted by Crippen LogP contribution is 2.19. The van der Waals surface area contributed by atoms with Crippen molar-refractivity contribution in [1.82, 2.24) is 9.78 Å².